The van der Waals surface area contributed by atoms with Crippen molar-refractivity contribution in [2.24, 2.45) is 5.10 Å². The Labute approximate surface area is 225 Å². The monoisotopic (exact) mass is 621 g/mol. The van der Waals surface area contributed by atoms with Crippen molar-refractivity contribution in [3.8, 4) is 11.5 Å². The number of hydrogen-bond acceptors (Lipinski definition) is 7. The maximum Gasteiger partial charge on any atom is 0.257 e. The van der Waals surface area contributed by atoms with Gasteiger partial charge in [0, 0.05) is 10.6 Å². The van der Waals surface area contributed by atoms with Crippen molar-refractivity contribution >= 4 is 69.2 Å². The first-order valence-electron chi connectivity index (χ1n) is 10.7. The minimum atomic E-state index is -0.270. The first-order chi connectivity index (χ1) is 17.0. The Morgan fingerprint density at radius 2 is 2.00 bits per heavy atom. The molecule has 0 atom stereocenters. The Balaban J connectivity index is 1.36. The zero-order valence-corrected chi connectivity index (χ0v) is 22.4. The number of para-hydroxylation sites is 2. The molecule has 4 aromatic rings. The zero-order chi connectivity index (χ0) is 24.6. The first-order valence-corrected chi connectivity index (χ1v) is 13.1. The summed E-state index contributed by atoms with van der Waals surface area (Å²) in [6, 6.07) is 18.7. The predicted molar refractivity (Wildman–Crippen MR) is 147 cm³/mol. The minimum absolute atomic E-state index is 0.126. The molecule has 1 heterocycles. The molecule has 0 radical (unpaired) electrons. The van der Waals surface area contributed by atoms with Crippen molar-refractivity contribution in [3.63, 3.8) is 0 Å². The van der Waals surface area contributed by atoms with Crippen LogP contribution in [0.2, 0.25) is 5.02 Å². The lowest BCUT2D eigenvalue weighted by Crippen LogP contribution is -2.19. The van der Waals surface area contributed by atoms with Gasteiger partial charge in [-0.05, 0) is 65.4 Å². The Morgan fingerprint density at radius 1 is 1.20 bits per heavy atom. The number of rotatable bonds is 10. The summed E-state index contributed by atoms with van der Waals surface area (Å²) in [5.41, 5.74) is 5.61. The number of oxazole rings is 1. The molecule has 3 aromatic carbocycles. The fraction of sp³-hybridized carbons (Fsp3) is 0.160. The zero-order valence-electron chi connectivity index (χ0n) is 18.7. The van der Waals surface area contributed by atoms with Gasteiger partial charge in [-0.25, -0.2) is 10.4 Å². The highest BCUT2D eigenvalue weighted by atomic mass is 127. The third-order valence-corrected chi connectivity index (χ3v) is 6.66. The molecule has 0 bridgehead atoms. The summed E-state index contributed by atoms with van der Waals surface area (Å²) >= 11 is 9.63. The number of hydrazone groups is 1. The number of nitrogens with zero attached hydrogens (tertiary/aromatic N) is 2. The SMILES string of the molecule is CCOc1cc(/C=N\NC(=O)CSc2nc3ccccc3o2)cc(I)c1OCc1ccccc1Cl. The molecule has 0 aliphatic rings. The molecule has 0 unspecified atom stereocenters. The van der Waals surface area contributed by atoms with E-state index >= 15 is 0 Å². The molecule has 0 aliphatic carbocycles. The van der Waals surface area contributed by atoms with Crippen molar-refractivity contribution in [3.05, 3.63) is 80.4 Å². The van der Waals surface area contributed by atoms with Crippen LogP contribution in [0.4, 0.5) is 0 Å². The molecule has 35 heavy (non-hydrogen) atoms. The number of carbonyl (C=O) groups is 1. The number of ether oxygens (including phenoxy) is 2. The highest BCUT2D eigenvalue weighted by molar-refractivity contribution is 14.1. The number of fused-ring (bicyclic) bond motifs is 1. The molecule has 0 saturated heterocycles. The van der Waals surface area contributed by atoms with E-state index in [9.17, 15) is 4.79 Å². The van der Waals surface area contributed by atoms with E-state index in [1.165, 1.54) is 11.8 Å². The van der Waals surface area contributed by atoms with Crippen LogP contribution in [0.3, 0.4) is 0 Å². The van der Waals surface area contributed by atoms with E-state index in [2.05, 4.69) is 38.1 Å². The second kappa shape index (κ2) is 12.3. The average molecular weight is 622 g/mol. The highest BCUT2D eigenvalue weighted by Crippen LogP contribution is 2.35. The van der Waals surface area contributed by atoms with Crippen molar-refractivity contribution in [1.82, 2.24) is 10.4 Å². The second-order valence-corrected chi connectivity index (χ2v) is 9.67. The Kier molecular flexibility index (Phi) is 8.89. The van der Waals surface area contributed by atoms with E-state index in [1.807, 2.05) is 67.6 Å². The van der Waals surface area contributed by atoms with Crippen molar-refractivity contribution in [2.75, 3.05) is 12.4 Å². The maximum absolute atomic E-state index is 12.2. The molecule has 0 spiro atoms. The number of nitrogens with one attached hydrogen (secondary N) is 1. The second-order valence-electron chi connectivity index (χ2n) is 7.17. The minimum Gasteiger partial charge on any atom is -0.490 e. The predicted octanol–water partition coefficient (Wildman–Crippen LogP) is 6.31. The van der Waals surface area contributed by atoms with Crippen LogP contribution in [-0.2, 0) is 11.4 Å². The Bertz CT molecular complexity index is 1330. The lowest BCUT2D eigenvalue weighted by Gasteiger charge is -2.15. The maximum atomic E-state index is 12.2. The molecule has 1 aromatic heterocycles. The summed E-state index contributed by atoms with van der Waals surface area (Å²) in [6.07, 6.45) is 1.56. The first kappa shape index (κ1) is 25.3. The van der Waals surface area contributed by atoms with Crippen LogP contribution in [0.5, 0.6) is 11.5 Å². The van der Waals surface area contributed by atoms with E-state index < -0.39 is 0 Å². The highest BCUT2D eigenvalue weighted by Gasteiger charge is 2.13. The molecule has 0 saturated carbocycles. The third-order valence-electron chi connectivity index (χ3n) is 4.67. The standard InChI is InChI=1S/C25H21ClIN3O4S/c1-2-32-22-12-16(11-19(27)24(22)33-14-17-7-3-4-8-18(17)26)13-28-30-23(31)15-35-25-29-20-9-5-6-10-21(20)34-25/h3-13H,2,14-15H2,1H3,(H,30,31)/b28-13-. The van der Waals surface area contributed by atoms with E-state index in [1.54, 1.807) is 6.21 Å². The molecule has 4 rings (SSSR count). The van der Waals surface area contributed by atoms with Gasteiger partial charge in [0.2, 0.25) is 0 Å². The lowest BCUT2D eigenvalue weighted by atomic mass is 10.2. The van der Waals surface area contributed by atoms with Gasteiger partial charge in [0.15, 0.2) is 17.1 Å². The summed E-state index contributed by atoms with van der Waals surface area (Å²) in [7, 11) is 0. The number of thioether (sulfide) groups is 1. The Morgan fingerprint density at radius 3 is 2.80 bits per heavy atom. The third kappa shape index (κ3) is 6.89. The van der Waals surface area contributed by atoms with E-state index in [4.69, 9.17) is 25.5 Å². The summed E-state index contributed by atoms with van der Waals surface area (Å²) in [4.78, 5) is 16.5. The number of amides is 1. The van der Waals surface area contributed by atoms with Crippen LogP contribution in [0.25, 0.3) is 11.1 Å². The van der Waals surface area contributed by atoms with Gasteiger partial charge in [-0.2, -0.15) is 5.10 Å². The Hall–Kier alpha value is -2.76. The number of aromatic nitrogens is 1. The fourth-order valence-electron chi connectivity index (χ4n) is 3.08. The van der Waals surface area contributed by atoms with Crippen molar-refractivity contribution in [1.29, 1.82) is 0 Å². The van der Waals surface area contributed by atoms with Gasteiger partial charge in [-0.3, -0.25) is 4.79 Å². The van der Waals surface area contributed by atoms with Gasteiger partial charge in [-0.1, -0.05) is 53.7 Å². The molecule has 0 fully saturated rings. The van der Waals surface area contributed by atoms with Crippen LogP contribution in [-0.4, -0.2) is 29.5 Å². The van der Waals surface area contributed by atoms with E-state index in [0.717, 1.165) is 20.2 Å². The summed E-state index contributed by atoms with van der Waals surface area (Å²) in [5.74, 6) is 1.07. The van der Waals surface area contributed by atoms with Gasteiger partial charge < -0.3 is 13.9 Å². The van der Waals surface area contributed by atoms with Crippen LogP contribution in [0.15, 0.2) is 75.4 Å². The van der Waals surface area contributed by atoms with E-state index in [-0.39, 0.29) is 11.7 Å². The summed E-state index contributed by atoms with van der Waals surface area (Å²) in [6.45, 7) is 2.69. The summed E-state index contributed by atoms with van der Waals surface area (Å²) < 4.78 is 18.3. The van der Waals surface area contributed by atoms with Crippen LogP contribution in [0, 0.1) is 3.57 Å². The normalized spacial score (nSPS) is 11.2. The molecule has 1 amide bonds. The smallest absolute Gasteiger partial charge is 0.257 e. The number of hydrogen-bond donors (Lipinski definition) is 1. The van der Waals surface area contributed by atoms with Crippen molar-refractivity contribution < 1.29 is 18.7 Å². The molecule has 0 aliphatic heterocycles. The van der Waals surface area contributed by atoms with Gasteiger partial charge in [-0.15, -0.1) is 0 Å². The largest absolute Gasteiger partial charge is 0.490 e. The van der Waals surface area contributed by atoms with Gasteiger partial charge >= 0.3 is 0 Å². The molecule has 180 valence electrons. The average Bonchev–Trinajstić information content (AvgIpc) is 3.27. The van der Waals surface area contributed by atoms with Gasteiger partial charge in [0.1, 0.15) is 12.1 Å². The van der Waals surface area contributed by atoms with Gasteiger partial charge in [0.25, 0.3) is 11.1 Å². The summed E-state index contributed by atoms with van der Waals surface area (Å²) in [5, 5.41) is 5.15. The number of halogens is 2. The number of benzene rings is 3. The van der Waals surface area contributed by atoms with Crippen molar-refractivity contribution in [2.45, 2.75) is 18.8 Å². The quantitative estimate of drug-likeness (QED) is 0.0968. The molecule has 7 nitrogen and oxygen atoms in total. The molecular weight excluding hydrogens is 601 g/mol. The van der Waals surface area contributed by atoms with E-state index in [0.29, 0.717) is 40.5 Å². The van der Waals surface area contributed by atoms with Crippen LogP contribution in [0.1, 0.15) is 18.1 Å². The molecular formula is C25H21ClIN3O4S. The van der Waals surface area contributed by atoms with Crippen LogP contribution >= 0.6 is 46.0 Å². The topological polar surface area (TPSA) is 86.0 Å². The van der Waals surface area contributed by atoms with Crippen LogP contribution < -0.4 is 14.9 Å². The molecule has 10 heteroatoms. The fourth-order valence-corrected chi connectivity index (χ4v) is 4.68. The molecule has 1 N–H and O–H groups in total. The van der Waals surface area contributed by atoms with Gasteiger partial charge in [0.05, 0.1) is 22.1 Å². The number of carbonyl (C=O) groups excluding carboxylic acids is 1. The lowest BCUT2D eigenvalue weighted by molar-refractivity contribution is -0.118.